The SMILES string of the molecule is Cc1cccc(-c2nc(-c3cc(C)cs3)sc2-c2ccnc(NC(C)c3ccccc3)c2)c1. The number of rotatable bonds is 6. The van der Waals surface area contributed by atoms with Crippen molar-refractivity contribution in [1.29, 1.82) is 0 Å². The van der Waals surface area contributed by atoms with Crippen LogP contribution in [0.2, 0.25) is 0 Å². The van der Waals surface area contributed by atoms with E-state index in [1.807, 2.05) is 12.3 Å². The van der Waals surface area contributed by atoms with Crippen LogP contribution >= 0.6 is 22.7 Å². The molecule has 1 unspecified atom stereocenters. The van der Waals surface area contributed by atoms with Gasteiger partial charge in [-0.1, -0.05) is 54.1 Å². The monoisotopic (exact) mass is 467 g/mol. The fraction of sp³-hybridized carbons (Fsp3) is 0.143. The van der Waals surface area contributed by atoms with E-state index in [1.165, 1.54) is 26.4 Å². The summed E-state index contributed by atoms with van der Waals surface area (Å²) in [7, 11) is 0. The van der Waals surface area contributed by atoms with Crippen LogP contribution in [-0.2, 0) is 0 Å². The van der Waals surface area contributed by atoms with Gasteiger partial charge in [-0.15, -0.1) is 22.7 Å². The number of hydrogen-bond donors (Lipinski definition) is 1. The Bertz CT molecular complexity index is 1390. The first-order valence-corrected chi connectivity index (χ1v) is 12.7. The first kappa shape index (κ1) is 21.6. The average molecular weight is 468 g/mol. The highest BCUT2D eigenvalue weighted by molar-refractivity contribution is 7.23. The molecule has 0 spiro atoms. The number of nitrogens with zero attached hydrogens (tertiary/aromatic N) is 2. The van der Waals surface area contributed by atoms with Crippen LogP contribution in [0.15, 0.2) is 84.4 Å². The second kappa shape index (κ2) is 9.30. The van der Waals surface area contributed by atoms with Gasteiger partial charge in [-0.25, -0.2) is 9.97 Å². The molecule has 0 bridgehead atoms. The number of aromatic nitrogens is 2. The maximum absolute atomic E-state index is 5.11. The molecule has 0 saturated carbocycles. The zero-order valence-electron chi connectivity index (χ0n) is 18.9. The standard InChI is InChI=1S/C28H25N3S2/c1-18-8-7-11-22(14-18)26-27(33-28(31-26)24-15-19(2)17-32-24)23-12-13-29-25(16-23)30-20(3)21-9-5-4-6-10-21/h4-17,20H,1-3H3,(H,29,30). The number of nitrogens with one attached hydrogen (secondary N) is 1. The third-order valence-electron chi connectivity index (χ3n) is 5.55. The van der Waals surface area contributed by atoms with Gasteiger partial charge in [0, 0.05) is 17.8 Å². The normalized spacial score (nSPS) is 12.0. The van der Waals surface area contributed by atoms with Crippen LogP contribution < -0.4 is 5.32 Å². The van der Waals surface area contributed by atoms with Gasteiger partial charge in [-0.05, 0) is 67.1 Å². The Labute approximate surface area is 202 Å². The van der Waals surface area contributed by atoms with Gasteiger partial charge in [0.25, 0.3) is 0 Å². The Morgan fingerprint density at radius 3 is 2.45 bits per heavy atom. The molecule has 0 radical (unpaired) electrons. The number of thiazole rings is 1. The molecule has 33 heavy (non-hydrogen) atoms. The molecule has 0 saturated heterocycles. The van der Waals surface area contributed by atoms with Gasteiger partial charge in [0.05, 0.1) is 15.4 Å². The zero-order valence-corrected chi connectivity index (χ0v) is 20.5. The Kier molecular flexibility index (Phi) is 6.07. The quantitative estimate of drug-likeness (QED) is 0.272. The van der Waals surface area contributed by atoms with Crippen LogP contribution in [0.3, 0.4) is 0 Å². The second-order valence-corrected chi connectivity index (χ2v) is 10.2. The van der Waals surface area contributed by atoms with E-state index in [9.17, 15) is 0 Å². The minimum absolute atomic E-state index is 0.163. The van der Waals surface area contributed by atoms with Crippen molar-refractivity contribution in [3.05, 3.63) is 101 Å². The maximum Gasteiger partial charge on any atom is 0.134 e. The van der Waals surface area contributed by atoms with Crippen LogP contribution in [0, 0.1) is 13.8 Å². The van der Waals surface area contributed by atoms with E-state index in [2.05, 4.69) is 103 Å². The highest BCUT2D eigenvalue weighted by Gasteiger charge is 2.18. The Balaban J connectivity index is 1.55. The number of thiophene rings is 1. The predicted octanol–water partition coefficient (Wildman–Crippen LogP) is 8.39. The van der Waals surface area contributed by atoms with E-state index in [0.717, 1.165) is 27.6 Å². The van der Waals surface area contributed by atoms with E-state index in [4.69, 9.17) is 4.98 Å². The summed E-state index contributed by atoms with van der Waals surface area (Å²) in [4.78, 5) is 12.1. The van der Waals surface area contributed by atoms with Crippen LogP contribution in [0.25, 0.3) is 31.6 Å². The van der Waals surface area contributed by atoms with Crippen molar-refractivity contribution in [3.63, 3.8) is 0 Å². The van der Waals surface area contributed by atoms with Gasteiger partial charge in [-0.3, -0.25) is 0 Å². The third kappa shape index (κ3) is 4.75. The highest BCUT2D eigenvalue weighted by atomic mass is 32.1. The Morgan fingerprint density at radius 2 is 1.70 bits per heavy atom. The highest BCUT2D eigenvalue weighted by Crippen LogP contribution is 2.42. The number of hydrogen-bond acceptors (Lipinski definition) is 5. The number of aryl methyl sites for hydroxylation is 2. The fourth-order valence-corrected chi connectivity index (χ4v) is 5.90. The van der Waals surface area contributed by atoms with Gasteiger partial charge >= 0.3 is 0 Å². The van der Waals surface area contributed by atoms with Crippen molar-refractivity contribution in [3.8, 4) is 31.6 Å². The van der Waals surface area contributed by atoms with E-state index < -0.39 is 0 Å². The van der Waals surface area contributed by atoms with Crippen molar-refractivity contribution in [2.24, 2.45) is 0 Å². The molecule has 0 aliphatic carbocycles. The molecule has 5 rings (SSSR count). The average Bonchev–Trinajstić information content (AvgIpc) is 3.46. The lowest BCUT2D eigenvalue weighted by molar-refractivity contribution is 0.875. The van der Waals surface area contributed by atoms with Crippen molar-refractivity contribution < 1.29 is 0 Å². The predicted molar refractivity (Wildman–Crippen MR) is 142 cm³/mol. The van der Waals surface area contributed by atoms with E-state index in [1.54, 1.807) is 22.7 Å². The van der Waals surface area contributed by atoms with Crippen LogP contribution in [0.1, 0.15) is 29.7 Å². The summed E-state index contributed by atoms with van der Waals surface area (Å²) >= 11 is 3.50. The molecule has 5 aromatic rings. The first-order valence-electron chi connectivity index (χ1n) is 11.0. The minimum Gasteiger partial charge on any atom is -0.364 e. The van der Waals surface area contributed by atoms with Crippen molar-refractivity contribution in [2.75, 3.05) is 5.32 Å². The summed E-state index contributed by atoms with van der Waals surface area (Å²) in [6.45, 7) is 6.41. The van der Waals surface area contributed by atoms with E-state index in [0.29, 0.717) is 0 Å². The molecule has 3 nitrogen and oxygen atoms in total. The van der Waals surface area contributed by atoms with E-state index in [-0.39, 0.29) is 6.04 Å². The topological polar surface area (TPSA) is 37.8 Å². The summed E-state index contributed by atoms with van der Waals surface area (Å²) in [5.74, 6) is 0.862. The maximum atomic E-state index is 5.11. The summed E-state index contributed by atoms with van der Waals surface area (Å²) in [5.41, 5.74) is 7.03. The molecule has 0 amide bonds. The van der Waals surface area contributed by atoms with Crippen molar-refractivity contribution >= 4 is 28.5 Å². The minimum atomic E-state index is 0.163. The molecule has 164 valence electrons. The summed E-state index contributed by atoms with van der Waals surface area (Å²) < 4.78 is 0. The van der Waals surface area contributed by atoms with Gasteiger partial charge in [0.2, 0.25) is 0 Å². The molecule has 3 aromatic heterocycles. The van der Waals surface area contributed by atoms with Gasteiger partial charge in [0.15, 0.2) is 0 Å². The van der Waals surface area contributed by atoms with Crippen molar-refractivity contribution in [1.82, 2.24) is 9.97 Å². The van der Waals surface area contributed by atoms with Gasteiger partial charge in [0.1, 0.15) is 10.8 Å². The molecular formula is C28H25N3S2. The molecule has 0 aliphatic rings. The fourth-order valence-electron chi connectivity index (χ4n) is 3.85. The number of benzene rings is 2. The smallest absolute Gasteiger partial charge is 0.134 e. The third-order valence-corrected chi connectivity index (χ3v) is 7.87. The lowest BCUT2D eigenvalue weighted by Crippen LogP contribution is -2.07. The first-order chi connectivity index (χ1) is 16.1. The molecule has 0 aliphatic heterocycles. The van der Waals surface area contributed by atoms with Crippen LogP contribution in [0.4, 0.5) is 5.82 Å². The molecule has 1 N–H and O–H groups in total. The molecule has 0 fully saturated rings. The lowest BCUT2D eigenvalue weighted by Gasteiger charge is -2.15. The molecule has 3 heterocycles. The van der Waals surface area contributed by atoms with Crippen molar-refractivity contribution in [2.45, 2.75) is 26.8 Å². The zero-order chi connectivity index (χ0) is 22.8. The lowest BCUT2D eigenvalue weighted by atomic mass is 10.1. The molecular weight excluding hydrogens is 442 g/mol. The number of anilines is 1. The summed E-state index contributed by atoms with van der Waals surface area (Å²) in [6, 6.07) is 25.6. The van der Waals surface area contributed by atoms with E-state index >= 15 is 0 Å². The molecule has 5 heteroatoms. The molecule has 2 aromatic carbocycles. The van der Waals surface area contributed by atoms with Gasteiger partial charge < -0.3 is 5.32 Å². The Morgan fingerprint density at radius 1 is 0.848 bits per heavy atom. The van der Waals surface area contributed by atoms with Gasteiger partial charge in [-0.2, -0.15) is 0 Å². The largest absolute Gasteiger partial charge is 0.364 e. The number of pyridine rings is 1. The van der Waals surface area contributed by atoms with Crippen LogP contribution in [0.5, 0.6) is 0 Å². The summed E-state index contributed by atoms with van der Waals surface area (Å²) in [5, 5.41) is 6.80. The summed E-state index contributed by atoms with van der Waals surface area (Å²) in [6.07, 6.45) is 1.88. The van der Waals surface area contributed by atoms with Crippen LogP contribution in [-0.4, -0.2) is 9.97 Å². The molecule has 1 atom stereocenters. The Hall–Kier alpha value is -3.28. The second-order valence-electron chi connectivity index (χ2n) is 8.26.